The summed E-state index contributed by atoms with van der Waals surface area (Å²) in [5.41, 5.74) is -2.83. The van der Waals surface area contributed by atoms with Crippen LogP contribution < -0.4 is 9.04 Å². The highest BCUT2D eigenvalue weighted by molar-refractivity contribution is 7.92. The number of nitrogens with zero attached hydrogens (tertiary/aromatic N) is 2. The van der Waals surface area contributed by atoms with Crippen molar-refractivity contribution in [2.75, 3.05) is 18.0 Å². The van der Waals surface area contributed by atoms with Gasteiger partial charge in [-0.15, -0.1) is 0 Å². The van der Waals surface area contributed by atoms with E-state index in [-0.39, 0.29) is 52.9 Å². The van der Waals surface area contributed by atoms with E-state index in [2.05, 4.69) is 9.89 Å². The number of aromatic nitrogens is 1. The number of benzene rings is 3. The highest BCUT2D eigenvalue weighted by Crippen LogP contribution is 2.44. The third-order valence-electron chi connectivity index (χ3n) is 6.91. The van der Waals surface area contributed by atoms with Crippen LogP contribution in [0, 0.1) is 0 Å². The molecule has 0 radical (unpaired) electrons. The van der Waals surface area contributed by atoms with Gasteiger partial charge in [0, 0.05) is 23.6 Å². The average Bonchev–Trinajstić information content (AvgIpc) is 3.48. The molecule has 4 aromatic rings. The maximum Gasteiger partial charge on any atom is 0.417 e. The van der Waals surface area contributed by atoms with Crippen molar-refractivity contribution in [3.63, 3.8) is 0 Å². The van der Waals surface area contributed by atoms with E-state index in [9.17, 15) is 39.6 Å². The van der Waals surface area contributed by atoms with Crippen LogP contribution in [0.5, 0.6) is 5.75 Å². The van der Waals surface area contributed by atoms with E-state index in [1.54, 1.807) is 0 Å². The van der Waals surface area contributed by atoms with E-state index in [1.165, 1.54) is 37.4 Å². The molecule has 1 aliphatic rings. The van der Waals surface area contributed by atoms with Crippen molar-refractivity contribution < 1.29 is 53.6 Å². The van der Waals surface area contributed by atoms with Crippen molar-refractivity contribution in [2.24, 2.45) is 0 Å². The number of fused-ring (bicyclic) bond motifs is 1. The molecule has 1 atom stereocenters. The largest absolute Gasteiger partial charge is 0.486 e. The second kappa shape index (κ2) is 11.9. The minimum absolute atomic E-state index is 0.0145. The number of carbonyl (C=O) groups is 1. The second-order valence-corrected chi connectivity index (χ2v) is 12.1. The van der Waals surface area contributed by atoms with Gasteiger partial charge in [-0.3, -0.25) is 9.10 Å². The van der Waals surface area contributed by atoms with Crippen LogP contribution in [0.3, 0.4) is 0 Å². The van der Waals surface area contributed by atoms with Crippen molar-refractivity contribution >= 4 is 33.3 Å². The zero-order chi connectivity index (χ0) is 32.7. The van der Waals surface area contributed by atoms with Crippen molar-refractivity contribution in [2.45, 2.75) is 36.2 Å². The molecule has 8 nitrogen and oxygen atoms in total. The Labute approximate surface area is 257 Å². The van der Waals surface area contributed by atoms with Crippen LogP contribution in [0.25, 0.3) is 22.6 Å². The predicted octanol–water partition coefficient (Wildman–Crippen LogP) is 7.61. The lowest BCUT2D eigenvalue weighted by Gasteiger charge is -2.35. The standard InChI is InChI=1S/C29H21ClF6N2O6S/c1-42-26(39)11-9-18-15-38(45(40,41)19-5-2-4-17(13-19)28(31,32)33)23-12-16(8-10-24(23)43-18)25-14-22(37-44-25)27-20(29(34,35)36)6-3-7-21(27)30/h2-8,10,12-14,18H,9,11,15H2,1H3/t18-/m0/s1. The Hall–Kier alpha value is -4.24. The molecule has 0 bridgehead atoms. The molecule has 2 heterocycles. The van der Waals surface area contributed by atoms with Gasteiger partial charge in [0.1, 0.15) is 17.5 Å². The first kappa shape index (κ1) is 32.2. The highest BCUT2D eigenvalue weighted by Gasteiger charge is 2.38. The summed E-state index contributed by atoms with van der Waals surface area (Å²) in [6, 6.07) is 11.7. The van der Waals surface area contributed by atoms with Gasteiger partial charge in [0.05, 0.1) is 40.4 Å². The van der Waals surface area contributed by atoms with E-state index in [1.807, 2.05) is 0 Å². The Morgan fingerprint density at radius 2 is 1.76 bits per heavy atom. The van der Waals surface area contributed by atoms with Gasteiger partial charge in [0.2, 0.25) is 0 Å². The Morgan fingerprint density at radius 1 is 1.02 bits per heavy atom. The fourth-order valence-electron chi connectivity index (χ4n) is 4.73. The maximum absolute atomic E-state index is 13.8. The lowest BCUT2D eigenvalue weighted by Crippen LogP contribution is -2.43. The number of halogens is 7. The van der Waals surface area contributed by atoms with Crippen molar-refractivity contribution in [3.05, 3.63) is 82.9 Å². The molecule has 0 amide bonds. The summed E-state index contributed by atoms with van der Waals surface area (Å²) in [5.74, 6) is -0.633. The SMILES string of the molecule is COC(=O)CC[C@H]1CN(S(=O)(=O)c2cccc(C(F)(F)F)c2)c2cc(-c3cc(-c4c(Cl)cccc4C(F)(F)F)no3)ccc2O1. The van der Waals surface area contributed by atoms with Gasteiger partial charge in [-0.05, 0) is 55.0 Å². The normalized spacial score (nSPS) is 15.4. The minimum atomic E-state index is -4.82. The van der Waals surface area contributed by atoms with Gasteiger partial charge in [0.25, 0.3) is 10.0 Å². The molecule has 16 heteroatoms. The molecule has 0 spiro atoms. The molecule has 0 N–H and O–H groups in total. The Bertz CT molecular complexity index is 1860. The molecule has 3 aromatic carbocycles. The third kappa shape index (κ3) is 6.59. The zero-order valence-electron chi connectivity index (χ0n) is 22.9. The summed E-state index contributed by atoms with van der Waals surface area (Å²) in [7, 11) is -3.47. The van der Waals surface area contributed by atoms with Gasteiger partial charge in [-0.2, -0.15) is 26.3 Å². The molecule has 1 aromatic heterocycles. The molecule has 0 unspecified atom stereocenters. The smallest absolute Gasteiger partial charge is 0.417 e. The lowest BCUT2D eigenvalue weighted by atomic mass is 10.0. The first-order valence-corrected chi connectivity index (χ1v) is 14.8. The number of hydrogen-bond donors (Lipinski definition) is 0. The van der Waals surface area contributed by atoms with Crippen molar-refractivity contribution in [3.8, 4) is 28.3 Å². The quantitative estimate of drug-likeness (QED) is 0.147. The molecule has 0 saturated heterocycles. The lowest BCUT2D eigenvalue weighted by molar-refractivity contribution is -0.141. The topological polar surface area (TPSA) is 98.9 Å². The molecule has 45 heavy (non-hydrogen) atoms. The second-order valence-electron chi connectivity index (χ2n) is 9.84. The van der Waals surface area contributed by atoms with E-state index in [0.29, 0.717) is 6.07 Å². The van der Waals surface area contributed by atoms with E-state index in [0.717, 1.165) is 34.6 Å². The van der Waals surface area contributed by atoms with Crippen LogP contribution in [0.15, 0.2) is 76.1 Å². The number of esters is 1. The number of methoxy groups -OCH3 is 1. The minimum Gasteiger partial charge on any atom is -0.486 e. The Kier molecular flexibility index (Phi) is 8.53. The number of hydrogen-bond acceptors (Lipinski definition) is 7. The van der Waals surface area contributed by atoms with E-state index in [4.69, 9.17) is 20.9 Å². The third-order valence-corrected chi connectivity index (χ3v) is 9.00. The summed E-state index contributed by atoms with van der Waals surface area (Å²) in [4.78, 5) is 11.1. The van der Waals surface area contributed by atoms with Gasteiger partial charge in [-0.25, -0.2) is 8.42 Å². The average molecular weight is 675 g/mol. The fraction of sp³-hybridized carbons (Fsp3) is 0.241. The van der Waals surface area contributed by atoms with Crippen LogP contribution >= 0.6 is 11.6 Å². The van der Waals surface area contributed by atoms with Gasteiger partial charge in [0.15, 0.2) is 5.76 Å². The number of sulfonamides is 1. The maximum atomic E-state index is 13.8. The molecular formula is C29H21ClF6N2O6S. The Morgan fingerprint density at radius 3 is 2.44 bits per heavy atom. The molecule has 0 saturated carbocycles. The number of carbonyl (C=O) groups excluding carboxylic acids is 1. The van der Waals surface area contributed by atoms with Gasteiger partial charge in [-0.1, -0.05) is 28.9 Å². The van der Waals surface area contributed by atoms with Crippen LogP contribution in [0.2, 0.25) is 5.02 Å². The van der Waals surface area contributed by atoms with Gasteiger partial charge >= 0.3 is 18.3 Å². The van der Waals surface area contributed by atoms with Crippen LogP contribution in [0.1, 0.15) is 24.0 Å². The number of rotatable bonds is 7. The molecule has 1 aliphatic heterocycles. The van der Waals surface area contributed by atoms with Gasteiger partial charge < -0.3 is 14.0 Å². The number of alkyl halides is 6. The number of ether oxygens (including phenoxy) is 2. The monoisotopic (exact) mass is 674 g/mol. The molecule has 238 valence electrons. The molecular weight excluding hydrogens is 654 g/mol. The van der Waals surface area contributed by atoms with Crippen LogP contribution in [-0.4, -0.2) is 39.3 Å². The summed E-state index contributed by atoms with van der Waals surface area (Å²) >= 11 is 6.08. The summed E-state index contributed by atoms with van der Waals surface area (Å²) in [5, 5.41) is 3.51. The first-order valence-electron chi connectivity index (χ1n) is 13.0. The molecule has 5 rings (SSSR count). The highest BCUT2D eigenvalue weighted by atomic mass is 35.5. The van der Waals surface area contributed by atoms with Crippen LogP contribution in [0.4, 0.5) is 32.0 Å². The van der Waals surface area contributed by atoms with E-state index < -0.39 is 56.0 Å². The molecule has 0 fully saturated rings. The summed E-state index contributed by atoms with van der Waals surface area (Å²) < 4.78 is 126. The molecule has 0 aliphatic carbocycles. The van der Waals surface area contributed by atoms with E-state index >= 15 is 0 Å². The predicted molar refractivity (Wildman–Crippen MR) is 149 cm³/mol. The van der Waals surface area contributed by atoms with Crippen molar-refractivity contribution in [1.82, 2.24) is 5.16 Å². The zero-order valence-corrected chi connectivity index (χ0v) is 24.5. The number of anilines is 1. The first-order chi connectivity index (χ1) is 21.1. The fourth-order valence-corrected chi connectivity index (χ4v) is 6.55. The summed E-state index contributed by atoms with van der Waals surface area (Å²) in [6.07, 6.45) is -10.6. The van der Waals surface area contributed by atoms with Crippen molar-refractivity contribution in [1.29, 1.82) is 0 Å². The summed E-state index contributed by atoms with van der Waals surface area (Å²) in [6.45, 7) is -0.387. The Balaban J connectivity index is 1.58. The van der Waals surface area contributed by atoms with Crippen LogP contribution in [-0.2, 0) is 31.9 Å².